The molecule has 7 nitrogen and oxygen atoms in total. The molecule has 26 heavy (non-hydrogen) atoms. The minimum absolute atomic E-state index is 0.0452. The molecule has 9 heteroatoms. The van der Waals surface area contributed by atoms with Crippen LogP contribution in [0.15, 0.2) is 29.2 Å². The molecule has 0 saturated carbocycles. The van der Waals surface area contributed by atoms with Gasteiger partial charge in [0.2, 0.25) is 15.9 Å². The summed E-state index contributed by atoms with van der Waals surface area (Å²) in [6.07, 6.45) is 0.945. The molecule has 0 saturated heterocycles. The molecule has 0 atom stereocenters. The Morgan fingerprint density at radius 3 is 2.85 bits per heavy atom. The second-order valence-corrected chi connectivity index (χ2v) is 8.53. The first kappa shape index (κ1) is 18.9. The van der Waals surface area contributed by atoms with E-state index in [1.165, 1.54) is 10.4 Å². The second kappa shape index (κ2) is 7.38. The molecule has 0 unspecified atom stereocenters. The Morgan fingerprint density at radius 1 is 1.38 bits per heavy atom. The van der Waals surface area contributed by atoms with Crippen LogP contribution in [0.25, 0.3) is 0 Å². The highest BCUT2D eigenvalue weighted by Crippen LogP contribution is 2.26. The molecular formula is C17H21ClN4O3S. The van der Waals surface area contributed by atoms with Gasteiger partial charge in [-0.25, -0.2) is 13.4 Å². The van der Waals surface area contributed by atoms with Crippen molar-refractivity contribution < 1.29 is 13.2 Å². The molecule has 1 aromatic heterocycles. The number of nitrogens with one attached hydrogen (secondary N) is 1. The molecule has 0 fully saturated rings. The van der Waals surface area contributed by atoms with E-state index < -0.39 is 10.0 Å². The van der Waals surface area contributed by atoms with Gasteiger partial charge in [-0.3, -0.25) is 4.79 Å². The average Bonchev–Trinajstić information content (AvgIpc) is 2.95. The molecular weight excluding hydrogens is 376 g/mol. The Kier molecular flexibility index (Phi) is 5.36. The van der Waals surface area contributed by atoms with Crippen LogP contribution in [0.1, 0.15) is 30.6 Å². The second-order valence-electron chi connectivity index (χ2n) is 6.16. The zero-order valence-electron chi connectivity index (χ0n) is 14.7. The maximum absolute atomic E-state index is 12.9. The molecule has 140 valence electrons. The fourth-order valence-corrected chi connectivity index (χ4v) is 4.66. The van der Waals surface area contributed by atoms with Crippen LogP contribution in [0.2, 0.25) is 5.02 Å². The van der Waals surface area contributed by atoms with Crippen LogP contribution in [0.4, 0.5) is 0 Å². The van der Waals surface area contributed by atoms with Crippen molar-refractivity contribution in [2.45, 2.75) is 37.8 Å². The molecule has 1 aliphatic rings. The van der Waals surface area contributed by atoms with E-state index in [0.29, 0.717) is 31.0 Å². The smallest absolute Gasteiger partial charge is 0.243 e. The van der Waals surface area contributed by atoms with E-state index in [0.717, 1.165) is 17.2 Å². The van der Waals surface area contributed by atoms with Gasteiger partial charge in [0.05, 0.1) is 29.4 Å². The maximum atomic E-state index is 12.9. The van der Waals surface area contributed by atoms with Crippen molar-refractivity contribution in [3.05, 3.63) is 46.5 Å². The minimum Gasteiger partial charge on any atom is -0.349 e. The van der Waals surface area contributed by atoms with Crippen LogP contribution in [-0.4, -0.2) is 34.7 Å². The summed E-state index contributed by atoms with van der Waals surface area (Å²) in [5, 5.41) is 3.19. The van der Waals surface area contributed by atoms with Gasteiger partial charge >= 0.3 is 0 Å². The van der Waals surface area contributed by atoms with E-state index in [4.69, 9.17) is 11.6 Å². The van der Waals surface area contributed by atoms with Gasteiger partial charge in [-0.2, -0.15) is 4.31 Å². The van der Waals surface area contributed by atoms with Gasteiger partial charge in [-0.15, -0.1) is 0 Å². The standard InChI is InChI=1S/C17H21ClN4O3S/c1-3-17(23)19-10-16-20-14-7-8-22(11-15(14)21(16)2)26(24,25)13-6-4-5-12(18)9-13/h4-6,9H,3,7-8,10-11H2,1-2H3,(H,19,23). The summed E-state index contributed by atoms with van der Waals surface area (Å²) in [5.41, 5.74) is 1.73. The van der Waals surface area contributed by atoms with Crippen LogP contribution in [0.5, 0.6) is 0 Å². The first-order valence-electron chi connectivity index (χ1n) is 8.38. The molecule has 1 N–H and O–H groups in total. The molecule has 1 amide bonds. The van der Waals surface area contributed by atoms with Crippen molar-refractivity contribution >= 4 is 27.5 Å². The third kappa shape index (κ3) is 3.62. The van der Waals surface area contributed by atoms with Crippen LogP contribution in [-0.2, 0) is 41.4 Å². The molecule has 2 heterocycles. The number of sulfonamides is 1. The number of amides is 1. The SMILES string of the molecule is CCC(=O)NCc1nc2c(n1C)CN(S(=O)(=O)c1cccc(Cl)c1)CC2. The lowest BCUT2D eigenvalue weighted by Gasteiger charge is -2.26. The number of rotatable bonds is 5. The Morgan fingerprint density at radius 2 is 2.15 bits per heavy atom. The van der Waals surface area contributed by atoms with E-state index in [1.54, 1.807) is 25.1 Å². The highest BCUT2D eigenvalue weighted by Gasteiger charge is 2.31. The molecule has 0 aliphatic carbocycles. The third-order valence-corrected chi connectivity index (χ3v) is 6.59. The largest absolute Gasteiger partial charge is 0.349 e. The van der Waals surface area contributed by atoms with Crippen LogP contribution >= 0.6 is 11.6 Å². The van der Waals surface area contributed by atoms with Gasteiger partial charge < -0.3 is 9.88 Å². The first-order valence-corrected chi connectivity index (χ1v) is 10.2. The summed E-state index contributed by atoms with van der Waals surface area (Å²) in [7, 11) is -1.78. The number of hydrogen-bond acceptors (Lipinski definition) is 4. The van der Waals surface area contributed by atoms with Gasteiger partial charge in [0.15, 0.2) is 0 Å². The molecule has 3 rings (SSSR count). The number of nitrogens with zero attached hydrogens (tertiary/aromatic N) is 3. The van der Waals surface area contributed by atoms with E-state index in [-0.39, 0.29) is 17.3 Å². The minimum atomic E-state index is -3.63. The molecule has 2 aromatic rings. The first-order chi connectivity index (χ1) is 12.3. The zero-order valence-corrected chi connectivity index (χ0v) is 16.3. The number of halogens is 1. The molecule has 1 aromatic carbocycles. The van der Waals surface area contributed by atoms with Gasteiger partial charge in [0, 0.05) is 31.5 Å². The van der Waals surface area contributed by atoms with Gasteiger partial charge in [0.25, 0.3) is 0 Å². The predicted octanol–water partition coefficient (Wildman–Crippen LogP) is 1.85. The Balaban J connectivity index is 1.83. The van der Waals surface area contributed by atoms with Crippen LogP contribution < -0.4 is 5.32 Å². The van der Waals surface area contributed by atoms with E-state index in [2.05, 4.69) is 10.3 Å². The van der Waals surface area contributed by atoms with Crippen LogP contribution in [0, 0.1) is 0 Å². The summed E-state index contributed by atoms with van der Waals surface area (Å²) >= 11 is 5.94. The number of hydrogen-bond donors (Lipinski definition) is 1. The number of aromatic nitrogens is 2. The quantitative estimate of drug-likeness (QED) is 0.835. The summed E-state index contributed by atoms with van der Waals surface area (Å²) < 4.78 is 29.1. The molecule has 1 aliphatic heterocycles. The lowest BCUT2D eigenvalue weighted by molar-refractivity contribution is -0.120. The van der Waals surface area contributed by atoms with Crippen molar-refractivity contribution in [3.63, 3.8) is 0 Å². The van der Waals surface area contributed by atoms with E-state index in [1.807, 2.05) is 11.6 Å². The number of carbonyl (C=O) groups excluding carboxylic acids is 1. The normalized spacial score (nSPS) is 14.9. The van der Waals surface area contributed by atoms with Gasteiger partial charge in [-0.1, -0.05) is 24.6 Å². The monoisotopic (exact) mass is 396 g/mol. The summed E-state index contributed by atoms with van der Waals surface area (Å²) in [6, 6.07) is 6.28. The number of carbonyl (C=O) groups is 1. The van der Waals surface area contributed by atoms with Crippen molar-refractivity contribution in [1.82, 2.24) is 19.2 Å². The number of imidazole rings is 1. The summed E-state index contributed by atoms with van der Waals surface area (Å²) in [6.45, 7) is 2.73. The maximum Gasteiger partial charge on any atom is 0.243 e. The molecule has 0 radical (unpaired) electrons. The number of benzene rings is 1. The predicted molar refractivity (Wildman–Crippen MR) is 98.1 cm³/mol. The topological polar surface area (TPSA) is 84.3 Å². The fourth-order valence-electron chi connectivity index (χ4n) is 2.96. The van der Waals surface area contributed by atoms with E-state index in [9.17, 15) is 13.2 Å². The lowest BCUT2D eigenvalue weighted by atomic mass is 10.2. The van der Waals surface area contributed by atoms with Crippen molar-refractivity contribution in [2.24, 2.45) is 7.05 Å². The summed E-state index contributed by atoms with van der Waals surface area (Å²) in [4.78, 5) is 16.2. The Labute approximate surface area is 158 Å². The Hall–Kier alpha value is -1.90. The highest BCUT2D eigenvalue weighted by atomic mass is 35.5. The lowest BCUT2D eigenvalue weighted by Crippen LogP contribution is -2.36. The van der Waals surface area contributed by atoms with Crippen LogP contribution in [0.3, 0.4) is 0 Å². The van der Waals surface area contributed by atoms with Crippen molar-refractivity contribution in [3.8, 4) is 0 Å². The van der Waals surface area contributed by atoms with E-state index >= 15 is 0 Å². The summed E-state index contributed by atoms with van der Waals surface area (Å²) in [5.74, 6) is 0.676. The molecule has 0 bridgehead atoms. The van der Waals surface area contributed by atoms with Crippen molar-refractivity contribution in [1.29, 1.82) is 0 Å². The number of fused-ring (bicyclic) bond motifs is 1. The average molecular weight is 397 g/mol. The highest BCUT2D eigenvalue weighted by molar-refractivity contribution is 7.89. The van der Waals surface area contributed by atoms with Gasteiger partial charge in [-0.05, 0) is 18.2 Å². The Bertz CT molecular complexity index is 939. The van der Waals surface area contributed by atoms with Gasteiger partial charge in [0.1, 0.15) is 5.82 Å². The fraction of sp³-hybridized carbons (Fsp3) is 0.412. The zero-order chi connectivity index (χ0) is 18.9. The molecule has 0 spiro atoms. The van der Waals surface area contributed by atoms with Crippen molar-refractivity contribution in [2.75, 3.05) is 6.54 Å². The third-order valence-electron chi connectivity index (χ3n) is 4.51.